The Morgan fingerprint density at radius 1 is 0.939 bits per heavy atom. The van der Waals surface area contributed by atoms with Gasteiger partial charge >= 0.3 is 0 Å². The molecule has 3 aromatic carbocycles. The molecule has 0 saturated carbocycles. The van der Waals surface area contributed by atoms with Crippen molar-refractivity contribution >= 4 is 25.8 Å². The number of ether oxygens (including phenoxy) is 1. The summed E-state index contributed by atoms with van der Waals surface area (Å²) in [6.07, 6.45) is 0.818. The molecule has 3 aromatic rings. The number of sulfone groups is 1. The Kier molecular flexibility index (Phi) is 7.68. The van der Waals surface area contributed by atoms with Crippen molar-refractivity contribution in [3.05, 3.63) is 113 Å². The number of alkyl halides is 1. The van der Waals surface area contributed by atoms with Gasteiger partial charge in [0.2, 0.25) is 0 Å². The first kappa shape index (κ1) is 23.7. The third-order valence-corrected chi connectivity index (χ3v) is 7.87. The zero-order valence-electron chi connectivity index (χ0n) is 18.6. The molecule has 1 heterocycles. The molecule has 1 fully saturated rings. The molecule has 1 saturated heterocycles. The van der Waals surface area contributed by atoms with Crippen molar-refractivity contribution in [2.24, 2.45) is 0 Å². The van der Waals surface area contributed by atoms with Crippen molar-refractivity contribution in [2.45, 2.75) is 30.2 Å². The van der Waals surface area contributed by atoms with Gasteiger partial charge in [0.05, 0.1) is 11.8 Å². The summed E-state index contributed by atoms with van der Waals surface area (Å²) in [5.74, 6) is 0.635. The van der Waals surface area contributed by atoms with Crippen LogP contribution in [0.2, 0.25) is 0 Å². The molecule has 1 unspecified atom stereocenters. The molecule has 4 nitrogen and oxygen atoms in total. The number of benzene rings is 3. The van der Waals surface area contributed by atoms with Gasteiger partial charge in [-0.2, -0.15) is 0 Å². The molecular weight excluding hydrogens is 498 g/mol. The van der Waals surface area contributed by atoms with E-state index in [9.17, 15) is 8.42 Å². The summed E-state index contributed by atoms with van der Waals surface area (Å²) in [5, 5.41) is 1.37. The molecule has 0 bridgehead atoms. The van der Waals surface area contributed by atoms with Crippen LogP contribution >= 0.6 is 15.9 Å². The van der Waals surface area contributed by atoms with Gasteiger partial charge in [0.1, 0.15) is 5.75 Å². The fraction of sp³-hybridized carbons (Fsp3) is 0.259. The number of rotatable bonds is 9. The number of hydrogen-bond acceptors (Lipinski definition) is 4. The standard InChI is InChI=1S/C27H28BrNO3S/c1-2-26(28)32-25-15-9-10-21(16-25)19-33(30,31)20-22-17-29(18-22)27(23-11-5-3-6-12-23)24-13-7-4-8-14-24/h3-16,20,26-27H,2,17-19H2,1H3. The molecule has 1 aliphatic heterocycles. The average Bonchev–Trinajstić information content (AvgIpc) is 2.79. The lowest BCUT2D eigenvalue weighted by Gasteiger charge is -2.41. The van der Waals surface area contributed by atoms with E-state index in [-0.39, 0.29) is 16.8 Å². The van der Waals surface area contributed by atoms with Crippen LogP contribution in [0.15, 0.2) is 95.9 Å². The fourth-order valence-electron chi connectivity index (χ4n) is 4.08. The van der Waals surface area contributed by atoms with Crippen LogP contribution in [0.3, 0.4) is 0 Å². The zero-order valence-corrected chi connectivity index (χ0v) is 21.0. The lowest BCUT2D eigenvalue weighted by Crippen LogP contribution is -2.43. The third kappa shape index (κ3) is 6.34. The van der Waals surface area contributed by atoms with Crippen molar-refractivity contribution < 1.29 is 13.2 Å². The molecule has 1 atom stereocenters. The average molecular weight is 526 g/mol. The van der Waals surface area contributed by atoms with Gasteiger partial charge in [0.15, 0.2) is 14.9 Å². The smallest absolute Gasteiger partial charge is 0.175 e. The van der Waals surface area contributed by atoms with Crippen LogP contribution < -0.4 is 4.74 Å². The number of halogens is 1. The highest BCUT2D eigenvalue weighted by atomic mass is 79.9. The van der Waals surface area contributed by atoms with E-state index in [2.05, 4.69) is 45.1 Å². The molecule has 0 amide bonds. The van der Waals surface area contributed by atoms with E-state index < -0.39 is 9.84 Å². The Morgan fingerprint density at radius 2 is 1.55 bits per heavy atom. The van der Waals surface area contributed by atoms with Gasteiger partial charge < -0.3 is 4.74 Å². The molecule has 0 aliphatic carbocycles. The van der Waals surface area contributed by atoms with E-state index in [1.54, 1.807) is 6.07 Å². The second-order valence-corrected chi connectivity index (χ2v) is 11.2. The van der Waals surface area contributed by atoms with E-state index in [0.29, 0.717) is 18.8 Å². The summed E-state index contributed by atoms with van der Waals surface area (Å²) >= 11 is 3.45. The molecule has 1 aliphatic rings. The normalized spacial score (nSPS) is 15.2. The molecule has 0 N–H and O–H groups in total. The van der Waals surface area contributed by atoms with Crippen LogP contribution in [0.4, 0.5) is 0 Å². The first-order valence-electron chi connectivity index (χ1n) is 11.1. The van der Waals surface area contributed by atoms with Gasteiger partial charge in [-0.05, 0) is 56.7 Å². The Balaban J connectivity index is 1.45. The molecule has 0 radical (unpaired) electrons. The first-order chi connectivity index (χ1) is 15.9. The van der Waals surface area contributed by atoms with Gasteiger partial charge in [-0.3, -0.25) is 4.90 Å². The number of nitrogens with zero attached hydrogens (tertiary/aromatic N) is 1. The Bertz CT molecular complexity index is 1150. The van der Waals surface area contributed by atoms with Gasteiger partial charge in [-0.15, -0.1) is 0 Å². The predicted molar refractivity (Wildman–Crippen MR) is 137 cm³/mol. The predicted octanol–water partition coefficient (Wildman–Crippen LogP) is 6.10. The van der Waals surface area contributed by atoms with Crippen molar-refractivity contribution in [3.8, 4) is 5.75 Å². The second-order valence-electron chi connectivity index (χ2n) is 8.30. The lowest BCUT2D eigenvalue weighted by atomic mass is 9.93. The van der Waals surface area contributed by atoms with E-state index in [1.807, 2.05) is 61.5 Å². The second kappa shape index (κ2) is 10.7. The molecule has 172 valence electrons. The highest BCUT2D eigenvalue weighted by Gasteiger charge is 2.31. The quantitative estimate of drug-likeness (QED) is 0.316. The maximum Gasteiger partial charge on any atom is 0.175 e. The monoisotopic (exact) mass is 525 g/mol. The lowest BCUT2D eigenvalue weighted by molar-refractivity contribution is 0.202. The minimum atomic E-state index is -3.38. The highest BCUT2D eigenvalue weighted by Crippen LogP contribution is 2.34. The van der Waals surface area contributed by atoms with Crippen LogP contribution in [-0.2, 0) is 15.6 Å². The zero-order chi connectivity index (χ0) is 23.3. The Labute approximate surface area is 205 Å². The van der Waals surface area contributed by atoms with Gasteiger partial charge in [0.25, 0.3) is 0 Å². The first-order valence-corrected chi connectivity index (χ1v) is 13.7. The largest absolute Gasteiger partial charge is 0.479 e. The summed E-state index contributed by atoms with van der Waals surface area (Å²) in [4.78, 5) is 2.31. The number of hydrogen-bond donors (Lipinski definition) is 0. The van der Waals surface area contributed by atoms with Gasteiger partial charge in [-0.1, -0.05) is 79.7 Å². The van der Waals surface area contributed by atoms with Crippen LogP contribution in [0.5, 0.6) is 5.75 Å². The van der Waals surface area contributed by atoms with Crippen LogP contribution in [0.1, 0.15) is 36.1 Å². The van der Waals surface area contributed by atoms with Gasteiger partial charge in [0, 0.05) is 18.5 Å². The summed E-state index contributed by atoms with van der Waals surface area (Å²) < 4.78 is 31.5. The summed E-state index contributed by atoms with van der Waals surface area (Å²) in [6, 6.07) is 28.1. The fourth-order valence-corrected chi connectivity index (χ4v) is 5.69. The Morgan fingerprint density at radius 3 is 2.12 bits per heavy atom. The summed E-state index contributed by atoms with van der Waals surface area (Å²) in [5.41, 5.74) is 4.08. The molecule has 6 heteroatoms. The van der Waals surface area contributed by atoms with E-state index in [0.717, 1.165) is 17.6 Å². The van der Waals surface area contributed by atoms with Crippen LogP contribution in [0.25, 0.3) is 0 Å². The maximum atomic E-state index is 12.9. The minimum Gasteiger partial charge on any atom is -0.479 e. The topological polar surface area (TPSA) is 46.6 Å². The molecule has 0 aromatic heterocycles. The maximum absolute atomic E-state index is 12.9. The molecule has 4 rings (SSSR count). The van der Waals surface area contributed by atoms with E-state index in [4.69, 9.17) is 4.74 Å². The molecule has 0 spiro atoms. The SMILES string of the molecule is CCC(Br)Oc1cccc(CS(=O)(=O)C=C2CN(C(c3ccccc3)c3ccccc3)C2)c1. The van der Waals surface area contributed by atoms with E-state index >= 15 is 0 Å². The third-order valence-electron chi connectivity index (χ3n) is 5.61. The van der Waals surface area contributed by atoms with Crippen molar-refractivity contribution in [3.63, 3.8) is 0 Å². The van der Waals surface area contributed by atoms with Crippen molar-refractivity contribution in [1.82, 2.24) is 4.90 Å². The van der Waals surface area contributed by atoms with Crippen LogP contribution in [0, 0.1) is 0 Å². The van der Waals surface area contributed by atoms with Gasteiger partial charge in [-0.25, -0.2) is 8.42 Å². The van der Waals surface area contributed by atoms with Crippen LogP contribution in [-0.4, -0.2) is 31.4 Å². The Hall–Kier alpha value is -2.41. The molecule has 33 heavy (non-hydrogen) atoms. The highest BCUT2D eigenvalue weighted by molar-refractivity contribution is 9.09. The summed E-state index contributed by atoms with van der Waals surface area (Å²) in [6.45, 7) is 3.29. The van der Waals surface area contributed by atoms with Crippen molar-refractivity contribution in [2.75, 3.05) is 13.1 Å². The minimum absolute atomic E-state index is 0.0342. The van der Waals surface area contributed by atoms with E-state index in [1.165, 1.54) is 16.5 Å². The van der Waals surface area contributed by atoms with Crippen molar-refractivity contribution in [1.29, 1.82) is 0 Å². The molecular formula is C27H28BrNO3S. The summed E-state index contributed by atoms with van der Waals surface area (Å²) in [7, 11) is -3.38. The number of likely N-dealkylation sites (tertiary alicyclic amines) is 1.